The van der Waals surface area contributed by atoms with Crippen molar-refractivity contribution in [3.8, 4) is 0 Å². The lowest BCUT2D eigenvalue weighted by atomic mass is 9.96. The van der Waals surface area contributed by atoms with Gasteiger partial charge in [-0.3, -0.25) is 4.79 Å². The summed E-state index contributed by atoms with van der Waals surface area (Å²) in [5, 5.41) is 121. The molecule has 3 fully saturated rings. The van der Waals surface area contributed by atoms with Crippen LogP contribution in [0.25, 0.3) is 0 Å². The molecular weight excluding hydrogens is 1360 g/mol. The maximum atomic E-state index is 13.5. The van der Waals surface area contributed by atoms with E-state index in [9.17, 15) is 61.0 Å². The number of ether oxygens (including phenoxy) is 6. The molecule has 12 N–H and O–H groups in total. The van der Waals surface area contributed by atoms with Gasteiger partial charge in [0.25, 0.3) is 0 Å². The summed E-state index contributed by atoms with van der Waals surface area (Å²) in [6.07, 6.45) is 66.5. The Bertz CT molecular complexity index is 2360. The van der Waals surface area contributed by atoms with Crippen molar-refractivity contribution in [3.63, 3.8) is 0 Å². The standard InChI is InChI=1S/C88H153NO18/c1-3-5-7-9-11-13-15-17-19-21-23-25-27-28-29-30-31-32-33-34-35-36-37-38-39-40-41-42-44-46-48-50-52-54-56-58-60-62-64-66-76(94)89-71(72(93)65-63-61-59-57-55-53-51-49-47-45-43-26-24-22-20-18-16-14-12-10-8-6-4-2)70-102-86-82(100)79(97)84(74(68-91)104-86)107-88-83(101)80(98)85(75(69-92)105-88)106-87-81(99)78(96)77(95)73(67-90)103-87/h5,7,11,13,17,19,23,25,28-29,31-32,34-35,55,57,63,65,71-75,77-88,90-93,95-101H,3-4,6,8-10,12,14-16,18,20-22,24,26-27,30,33,36-54,56,58-62,64,66-70H2,1-2H3,(H,89,94)/b7-5-,13-11-,19-17-,25-23-,29-28-,32-31-,35-34-,57-55+,65-63+. The number of rotatable bonds is 67. The Labute approximate surface area is 646 Å². The first-order valence-corrected chi connectivity index (χ1v) is 42.6. The summed E-state index contributed by atoms with van der Waals surface area (Å²) in [5.74, 6) is -0.284. The molecule has 0 saturated carbocycles. The first kappa shape index (κ1) is 97.6. The van der Waals surface area contributed by atoms with Crippen LogP contribution in [0, 0.1) is 0 Å². The molecule has 3 aliphatic rings. The Kier molecular flexibility index (Phi) is 61.1. The molecule has 19 nitrogen and oxygen atoms in total. The molecular formula is C88H153NO18. The van der Waals surface area contributed by atoms with Gasteiger partial charge in [-0.25, -0.2) is 0 Å². The van der Waals surface area contributed by atoms with E-state index in [1.807, 2.05) is 6.08 Å². The van der Waals surface area contributed by atoms with Gasteiger partial charge in [-0.1, -0.05) is 322 Å². The molecule has 3 rings (SSSR count). The van der Waals surface area contributed by atoms with E-state index in [4.69, 9.17) is 28.4 Å². The summed E-state index contributed by atoms with van der Waals surface area (Å²) in [4.78, 5) is 13.5. The van der Waals surface area contributed by atoms with Gasteiger partial charge in [0, 0.05) is 6.42 Å². The third-order valence-corrected chi connectivity index (χ3v) is 20.6. The van der Waals surface area contributed by atoms with Crippen molar-refractivity contribution in [2.75, 3.05) is 26.4 Å². The quantitative estimate of drug-likeness (QED) is 0.0199. The molecule has 0 bridgehead atoms. The van der Waals surface area contributed by atoms with Gasteiger partial charge in [-0.05, 0) is 89.9 Å². The fourth-order valence-electron chi connectivity index (χ4n) is 13.8. The van der Waals surface area contributed by atoms with E-state index in [1.54, 1.807) is 6.08 Å². The number of nitrogens with one attached hydrogen (secondary N) is 1. The van der Waals surface area contributed by atoms with E-state index in [2.05, 4.69) is 116 Å². The Morgan fingerprint density at radius 1 is 0.346 bits per heavy atom. The van der Waals surface area contributed by atoms with Gasteiger partial charge in [0.2, 0.25) is 5.91 Å². The van der Waals surface area contributed by atoms with Gasteiger partial charge < -0.3 is 89.9 Å². The number of amides is 1. The lowest BCUT2D eigenvalue weighted by Crippen LogP contribution is -2.66. The number of hydrogen-bond donors (Lipinski definition) is 12. The minimum atomic E-state index is -1.99. The van der Waals surface area contributed by atoms with Crippen LogP contribution in [-0.2, 0) is 33.2 Å². The maximum Gasteiger partial charge on any atom is 0.220 e. The van der Waals surface area contributed by atoms with Crippen LogP contribution >= 0.6 is 0 Å². The van der Waals surface area contributed by atoms with Crippen LogP contribution in [0.4, 0.5) is 0 Å². The first-order chi connectivity index (χ1) is 52.3. The summed E-state index contributed by atoms with van der Waals surface area (Å²) in [6.45, 7) is 1.63. The molecule has 0 aromatic carbocycles. The van der Waals surface area contributed by atoms with Crippen molar-refractivity contribution in [2.24, 2.45) is 0 Å². The second kappa shape index (κ2) is 67.0. The molecule has 3 heterocycles. The van der Waals surface area contributed by atoms with E-state index in [0.717, 1.165) is 83.5 Å². The predicted molar refractivity (Wildman–Crippen MR) is 429 cm³/mol. The highest BCUT2D eigenvalue weighted by Gasteiger charge is 2.54. The zero-order chi connectivity index (χ0) is 77.4. The molecule has 618 valence electrons. The molecule has 17 unspecified atom stereocenters. The van der Waals surface area contributed by atoms with Crippen LogP contribution in [0.3, 0.4) is 0 Å². The van der Waals surface area contributed by atoms with Gasteiger partial charge in [0.15, 0.2) is 18.9 Å². The number of carbonyl (C=O) groups excluding carboxylic acids is 1. The monoisotopic (exact) mass is 1510 g/mol. The summed E-state index contributed by atoms with van der Waals surface area (Å²) in [5.41, 5.74) is 0. The van der Waals surface area contributed by atoms with E-state index < -0.39 is 124 Å². The molecule has 19 heteroatoms. The van der Waals surface area contributed by atoms with Gasteiger partial charge >= 0.3 is 0 Å². The van der Waals surface area contributed by atoms with Crippen LogP contribution in [0.2, 0.25) is 0 Å². The lowest BCUT2D eigenvalue weighted by Gasteiger charge is -2.48. The van der Waals surface area contributed by atoms with E-state index in [0.29, 0.717) is 12.8 Å². The van der Waals surface area contributed by atoms with Crippen molar-refractivity contribution < 1.29 is 89.4 Å². The zero-order valence-corrected chi connectivity index (χ0v) is 66.3. The number of hydrogen-bond acceptors (Lipinski definition) is 18. The largest absolute Gasteiger partial charge is 0.394 e. The van der Waals surface area contributed by atoms with Crippen LogP contribution in [0.15, 0.2) is 109 Å². The minimum Gasteiger partial charge on any atom is -0.394 e. The predicted octanol–water partition coefficient (Wildman–Crippen LogP) is 15.3. The average Bonchev–Trinajstić information content (AvgIpc) is 0.781. The van der Waals surface area contributed by atoms with Crippen LogP contribution in [0.5, 0.6) is 0 Å². The number of allylic oxidation sites excluding steroid dienone is 17. The van der Waals surface area contributed by atoms with E-state index in [-0.39, 0.29) is 18.9 Å². The SMILES string of the molecule is CC/C=C\C/C=C\C/C=C\C/C=C\C/C=C\C/C=C\C/C=C\CCCCCCCCCCCCCCCCCCCC(=O)NC(COC1OC(CO)C(OC2OC(CO)C(OC3OC(CO)C(O)C(O)C3O)C(O)C2O)C(O)C1O)C(O)/C=C/CC/C=C/CCCCCCCCCCCCCCCCCCC. The number of carbonyl (C=O) groups is 1. The maximum absolute atomic E-state index is 13.5. The fraction of sp³-hybridized carbons (Fsp3) is 0.784. The Hall–Kier alpha value is -3.55. The normalized spacial score (nSPS) is 26.1. The number of aliphatic hydroxyl groups excluding tert-OH is 11. The third-order valence-electron chi connectivity index (χ3n) is 20.6. The summed E-state index contributed by atoms with van der Waals surface area (Å²) in [6, 6.07) is -0.996. The lowest BCUT2D eigenvalue weighted by molar-refractivity contribution is -0.379. The summed E-state index contributed by atoms with van der Waals surface area (Å²) in [7, 11) is 0. The van der Waals surface area contributed by atoms with Crippen LogP contribution < -0.4 is 5.32 Å². The van der Waals surface area contributed by atoms with Gasteiger partial charge in [-0.2, -0.15) is 0 Å². The minimum absolute atomic E-state index is 0.232. The Morgan fingerprint density at radius 3 is 1.05 bits per heavy atom. The molecule has 3 saturated heterocycles. The molecule has 3 aliphatic heterocycles. The second-order valence-electron chi connectivity index (χ2n) is 29.9. The topological polar surface area (TPSA) is 307 Å². The van der Waals surface area contributed by atoms with E-state index in [1.165, 1.54) is 193 Å². The van der Waals surface area contributed by atoms with Crippen molar-refractivity contribution in [2.45, 2.75) is 413 Å². The number of unbranched alkanes of at least 4 members (excludes halogenated alkanes) is 35. The molecule has 17 atom stereocenters. The van der Waals surface area contributed by atoms with Gasteiger partial charge in [0.1, 0.15) is 73.2 Å². The molecule has 0 radical (unpaired) electrons. The van der Waals surface area contributed by atoms with Gasteiger partial charge in [0.05, 0.1) is 38.6 Å². The van der Waals surface area contributed by atoms with Crippen LogP contribution in [-0.4, -0.2) is 193 Å². The highest BCUT2D eigenvalue weighted by Crippen LogP contribution is 2.33. The smallest absolute Gasteiger partial charge is 0.220 e. The third kappa shape index (κ3) is 46.3. The first-order valence-electron chi connectivity index (χ1n) is 42.6. The Morgan fingerprint density at radius 2 is 0.654 bits per heavy atom. The number of aliphatic hydroxyl groups is 11. The van der Waals surface area contributed by atoms with E-state index >= 15 is 0 Å². The van der Waals surface area contributed by atoms with Crippen molar-refractivity contribution in [3.05, 3.63) is 109 Å². The van der Waals surface area contributed by atoms with Crippen molar-refractivity contribution in [1.82, 2.24) is 5.32 Å². The molecule has 0 aromatic heterocycles. The highest BCUT2D eigenvalue weighted by atomic mass is 16.8. The molecule has 0 spiro atoms. The second-order valence-corrected chi connectivity index (χ2v) is 29.9. The fourth-order valence-corrected chi connectivity index (χ4v) is 13.8. The average molecular weight is 1510 g/mol. The summed E-state index contributed by atoms with van der Waals surface area (Å²) < 4.78 is 34.5. The molecule has 1 amide bonds. The van der Waals surface area contributed by atoms with Crippen molar-refractivity contribution in [1.29, 1.82) is 0 Å². The molecule has 0 aromatic rings. The van der Waals surface area contributed by atoms with Gasteiger partial charge in [-0.15, -0.1) is 0 Å². The summed E-state index contributed by atoms with van der Waals surface area (Å²) >= 11 is 0. The van der Waals surface area contributed by atoms with Crippen molar-refractivity contribution >= 4 is 5.91 Å². The van der Waals surface area contributed by atoms with Crippen LogP contribution in [0.1, 0.15) is 309 Å². The molecule has 107 heavy (non-hydrogen) atoms. The highest BCUT2D eigenvalue weighted by molar-refractivity contribution is 5.76. The molecule has 0 aliphatic carbocycles. The Balaban J connectivity index is 1.33. The zero-order valence-electron chi connectivity index (χ0n) is 66.3.